The van der Waals surface area contributed by atoms with Crippen LogP contribution < -0.4 is 14.4 Å². The second kappa shape index (κ2) is 6.40. The van der Waals surface area contributed by atoms with Crippen molar-refractivity contribution >= 4 is 5.82 Å². The molecule has 1 aromatic carbocycles. The van der Waals surface area contributed by atoms with E-state index in [2.05, 4.69) is 28.1 Å². The fourth-order valence-corrected chi connectivity index (χ4v) is 3.47. The van der Waals surface area contributed by atoms with Crippen LogP contribution in [0.5, 0.6) is 11.5 Å². The maximum atomic E-state index is 9.37. The second-order valence-corrected chi connectivity index (χ2v) is 6.09. The molecule has 3 heterocycles. The SMILES string of the molecule is N#Cc1cccnc1N1CCC[C@H]1c1ccc2c(c1)OCCCO2. The summed E-state index contributed by atoms with van der Waals surface area (Å²) in [5, 5.41) is 9.37. The van der Waals surface area contributed by atoms with Gasteiger partial charge in [0.2, 0.25) is 0 Å². The van der Waals surface area contributed by atoms with E-state index in [9.17, 15) is 5.26 Å². The van der Waals surface area contributed by atoms with Crippen LogP contribution >= 0.6 is 0 Å². The predicted molar refractivity (Wildman–Crippen MR) is 90.3 cm³/mol. The molecule has 2 aliphatic rings. The lowest BCUT2D eigenvalue weighted by atomic mass is 10.0. The Bertz CT molecular complexity index is 784. The van der Waals surface area contributed by atoms with E-state index in [1.54, 1.807) is 12.3 Å². The quantitative estimate of drug-likeness (QED) is 0.848. The molecule has 1 aromatic heterocycles. The molecular formula is C19H19N3O2. The van der Waals surface area contributed by atoms with E-state index in [1.165, 1.54) is 5.56 Å². The van der Waals surface area contributed by atoms with Crippen molar-refractivity contribution in [3.63, 3.8) is 0 Å². The Balaban J connectivity index is 1.68. The van der Waals surface area contributed by atoms with Gasteiger partial charge in [0.15, 0.2) is 11.5 Å². The van der Waals surface area contributed by atoms with Gasteiger partial charge in [-0.25, -0.2) is 4.98 Å². The number of fused-ring (bicyclic) bond motifs is 1. The van der Waals surface area contributed by atoms with Gasteiger partial charge in [-0.1, -0.05) is 6.07 Å². The lowest BCUT2D eigenvalue weighted by Crippen LogP contribution is -2.24. The maximum Gasteiger partial charge on any atom is 0.161 e. The summed E-state index contributed by atoms with van der Waals surface area (Å²) in [7, 11) is 0. The molecule has 0 radical (unpaired) electrons. The van der Waals surface area contributed by atoms with E-state index in [-0.39, 0.29) is 6.04 Å². The lowest BCUT2D eigenvalue weighted by molar-refractivity contribution is 0.297. The number of hydrogen-bond acceptors (Lipinski definition) is 5. The van der Waals surface area contributed by atoms with Crippen LogP contribution in [0.25, 0.3) is 0 Å². The molecule has 0 spiro atoms. The number of nitrogens with zero attached hydrogens (tertiary/aromatic N) is 3. The maximum absolute atomic E-state index is 9.37. The number of pyridine rings is 1. The third-order valence-corrected chi connectivity index (χ3v) is 4.59. The number of nitriles is 1. The van der Waals surface area contributed by atoms with Crippen molar-refractivity contribution in [2.45, 2.75) is 25.3 Å². The normalized spacial score (nSPS) is 19.6. The summed E-state index contributed by atoms with van der Waals surface area (Å²) >= 11 is 0. The van der Waals surface area contributed by atoms with Crippen molar-refractivity contribution in [1.29, 1.82) is 5.26 Å². The highest BCUT2D eigenvalue weighted by molar-refractivity contribution is 5.56. The zero-order valence-corrected chi connectivity index (χ0v) is 13.4. The first kappa shape index (κ1) is 14.8. The molecule has 5 nitrogen and oxygen atoms in total. The number of benzene rings is 1. The Kier molecular flexibility index (Phi) is 3.96. The Labute approximate surface area is 141 Å². The summed E-state index contributed by atoms with van der Waals surface area (Å²) in [6, 6.07) is 12.3. The molecular weight excluding hydrogens is 302 g/mol. The van der Waals surface area contributed by atoms with Crippen molar-refractivity contribution in [2.75, 3.05) is 24.7 Å². The minimum atomic E-state index is 0.212. The summed E-state index contributed by atoms with van der Waals surface area (Å²) in [6.45, 7) is 2.29. The molecule has 2 aromatic rings. The van der Waals surface area contributed by atoms with Gasteiger partial charge in [-0.15, -0.1) is 0 Å². The van der Waals surface area contributed by atoms with E-state index < -0.39 is 0 Å². The fraction of sp³-hybridized carbons (Fsp3) is 0.368. The van der Waals surface area contributed by atoms with Gasteiger partial charge in [0.05, 0.1) is 24.8 Å². The molecule has 0 bridgehead atoms. The van der Waals surface area contributed by atoms with Gasteiger partial charge >= 0.3 is 0 Å². The molecule has 0 saturated carbocycles. The number of hydrogen-bond donors (Lipinski definition) is 0. The van der Waals surface area contributed by atoms with E-state index in [0.29, 0.717) is 18.8 Å². The standard InChI is InChI=1S/C19H19N3O2/c20-13-15-4-1-8-21-19(15)22-9-2-5-16(22)14-6-7-17-18(12-14)24-11-3-10-23-17/h1,4,6-8,12,16H,2-3,5,9-11H2/t16-/m0/s1. The van der Waals surface area contributed by atoms with Crippen LogP contribution in [-0.4, -0.2) is 24.7 Å². The van der Waals surface area contributed by atoms with Gasteiger partial charge in [-0.05, 0) is 42.7 Å². The zero-order valence-electron chi connectivity index (χ0n) is 13.4. The average Bonchev–Trinajstić information content (AvgIpc) is 3.00. The molecule has 0 unspecified atom stereocenters. The molecule has 2 aliphatic heterocycles. The third kappa shape index (κ3) is 2.65. The Hall–Kier alpha value is -2.74. The monoisotopic (exact) mass is 321 g/mol. The van der Waals surface area contributed by atoms with Crippen LogP contribution in [-0.2, 0) is 0 Å². The molecule has 1 atom stereocenters. The van der Waals surface area contributed by atoms with Gasteiger partial charge in [0.1, 0.15) is 11.9 Å². The van der Waals surface area contributed by atoms with Gasteiger partial charge in [-0.3, -0.25) is 0 Å². The highest BCUT2D eigenvalue weighted by Gasteiger charge is 2.29. The summed E-state index contributed by atoms with van der Waals surface area (Å²) in [6.07, 6.45) is 4.78. The molecule has 1 saturated heterocycles. The molecule has 1 fully saturated rings. The molecule has 0 aliphatic carbocycles. The van der Waals surface area contributed by atoms with E-state index >= 15 is 0 Å². The molecule has 122 valence electrons. The molecule has 24 heavy (non-hydrogen) atoms. The van der Waals surface area contributed by atoms with Crippen LogP contribution in [0, 0.1) is 11.3 Å². The van der Waals surface area contributed by atoms with Crippen molar-refractivity contribution in [3.05, 3.63) is 47.7 Å². The number of rotatable bonds is 2. The molecule has 4 rings (SSSR count). The highest BCUT2D eigenvalue weighted by Crippen LogP contribution is 2.40. The predicted octanol–water partition coefficient (Wildman–Crippen LogP) is 3.46. The van der Waals surface area contributed by atoms with Gasteiger partial charge in [0, 0.05) is 19.2 Å². The summed E-state index contributed by atoms with van der Waals surface area (Å²) in [4.78, 5) is 6.69. The second-order valence-electron chi connectivity index (χ2n) is 6.09. The van der Waals surface area contributed by atoms with Crippen LogP contribution in [0.4, 0.5) is 5.82 Å². The van der Waals surface area contributed by atoms with E-state index in [0.717, 1.165) is 43.1 Å². The Morgan fingerprint density at radius 2 is 2.00 bits per heavy atom. The first-order chi connectivity index (χ1) is 11.9. The minimum Gasteiger partial charge on any atom is -0.490 e. The minimum absolute atomic E-state index is 0.212. The average molecular weight is 321 g/mol. The summed E-state index contributed by atoms with van der Waals surface area (Å²) in [5.74, 6) is 2.41. The summed E-state index contributed by atoms with van der Waals surface area (Å²) in [5.41, 5.74) is 1.81. The van der Waals surface area contributed by atoms with Crippen LogP contribution in [0.1, 0.15) is 36.4 Å². The van der Waals surface area contributed by atoms with Crippen LogP contribution in [0.2, 0.25) is 0 Å². The lowest BCUT2D eigenvalue weighted by Gasteiger charge is -2.27. The van der Waals surface area contributed by atoms with Gasteiger partial charge in [0.25, 0.3) is 0 Å². The topological polar surface area (TPSA) is 58.4 Å². The third-order valence-electron chi connectivity index (χ3n) is 4.59. The smallest absolute Gasteiger partial charge is 0.161 e. The van der Waals surface area contributed by atoms with Crippen LogP contribution in [0.3, 0.4) is 0 Å². The van der Waals surface area contributed by atoms with Crippen molar-refractivity contribution in [1.82, 2.24) is 4.98 Å². The van der Waals surface area contributed by atoms with E-state index in [4.69, 9.17) is 9.47 Å². The van der Waals surface area contributed by atoms with Gasteiger partial charge < -0.3 is 14.4 Å². The largest absolute Gasteiger partial charge is 0.490 e. The van der Waals surface area contributed by atoms with Crippen molar-refractivity contribution < 1.29 is 9.47 Å². The zero-order chi connectivity index (χ0) is 16.4. The van der Waals surface area contributed by atoms with Crippen molar-refractivity contribution in [2.24, 2.45) is 0 Å². The van der Waals surface area contributed by atoms with Crippen LogP contribution in [0.15, 0.2) is 36.5 Å². The van der Waals surface area contributed by atoms with Crippen molar-refractivity contribution in [3.8, 4) is 17.6 Å². The highest BCUT2D eigenvalue weighted by atomic mass is 16.5. The number of anilines is 1. The van der Waals surface area contributed by atoms with Gasteiger partial charge in [-0.2, -0.15) is 5.26 Å². The molecule has 0 N–H and O–H groups in total. The first-order valence-electron chi connectivity index (χ1n) is 8.38. The Morgan fingerprint density at radius 3 is 2.88 bits per heavy atom. The molecule has 5 heteroatoms. The fourth-order valence-electron chi connectivity index (χ4n) is 3.47. The first-order valence-corrected chi connectivity index (χ1v) is 8.38. The Morgan fingerprint density at radius 1 is 1.12 bits per heavy atom. The number of ether oxygens (including phenoxy) is 2. The summed E-state index contributed by atoms with van der Waals surface area (Å²) < 4.78 is 11.5. The van der Waals surface area contributed by atoms with E-state index in [1.807, 2.05) is 12.1 Å². The molecule has 0 amide bonds. The number of aromatic nitrogens is 1.